The van der Waals surface area contributed by atoms with Gasteiger partial charge in [-0.05, 0) is 119 Å². The van der Waals surface area contributed by atoms with Crippen LogP contribution in [0.2, 0.25) is 5.02 Å². The van der Waals surface area contributed by atoms with Gasteiger partial charge in [-0.1, -0.05) is 36.7 Å². The van der Waals surface area contributed by atoms with Crippen molar-refractivity contribution in [1.29, 1.82) is 0 Å². The smallest absolute Gasteiger partial charge is 0.264 e. The number of piperazine rings is 1. The molecule has 55 heavy (non-hydrogen) atoms. The van der Waals surface area contributed by atoms with E-state index in [1.54, 1.807) is 13.0 Å². The molecule has 0 aromatic heterocycles. The average Bonchev–Trinajstić information content (AvgIpc) is 3.28. The summed E-state index contributed by atoms with van der Waals surface area (Å²) >= 11 is 6.53. The van der Waals surface area contributed by atoms with Crippen LogP contribution < -0.4 is 14.4 Å². The summed E-state index contributed by atoms with van der Waals surface area (Å²) in [6, 6.07) is 12.1. The molecule has 4 aliphatic heterocycles. The highest BCUT2D eigenvalue weighted by molar-refractivity contribution is 7.90. The minimum absolute atomic E-state index is 0.00793. The van der Waals surface area contributed by atoms with Gasteiger partial charge in [0, 0.05) is 67.9 Å². The number of rotatable bonds is 4. The van der Waals surface area contributed by atoms with Gasteiger partial charge in [0.25, 0.3) is 5.91 Å². The number of amides is 1. The standard InChI is InChI=1S/C43H59ClN4O6S/c1-29(2)54-43(27-46-17-18-47-19-20-52-25-36(47)24-46)16-5-7-30(3)31(4)55(50,51)45-41(49)33-10-14-40-39(22-33)48(23-34-9-12-38(34)43)26-42(28-53-40)15-6-8-32-21-35(44)11-13-37(32)42/h5,10-11,13-14,16,21-22,29-31,34,36,38H,6-9,12,15,17-20,23-28H2,1-4H3,(H,45,49)/b16-5-/t30-,31+,34-,36-,38+,42-,43-/m0/s1. The number of nitrogens with one attached hydrogen (secondary N) is 1. The number of hydrogen-bond donors (Lipinski definition) is 1. The second-order valence-electron chi connectivity index (χ2n) is 17.6. The zero-order valence-corrected chi connectivity index (χ0v) is 34.5. The molecule has 8 rings (SSSR count). The number of fused-ring (bicyclic) bond motifs is 5. The molecule has 7 atom stereocenters. The van der Waals surface area contributed by atoms with E-state index in [0.29, 0.717) is 42.8 Å². The quantitative estimate of drug-likeness (QED) is 0.371. The minimum atomic E-state index is -3.97. The first-order valence-electron chi connectivity index (χ1n) is 20.6. The number of anilines is 1. The molecule has 0 unspecified atom stereocenters. The zero-order chi connectivity index (χ0) is 38.5. The highest BCUT2D eigenvalue weighted by atomic mass is 35.5. The van der Waals surface area contributed by atoms with Crippen LogP contribution in [0.5, 0.6) is 5.75 Å². The molecule has 300 valence electrons. The number of carbonyl (C=O) groups is 1. The van der Waals surface area contributed by atoms with Crippen LogP contribution in [0.15, 0.2) is 48.6 Å². The third-order valence-electron chi connectivity index (χ3n) is 13.7. The fourth-order valence-corrected chi connectivity index (χ4v) is 11.9. The van der Waals surface area contributed by atoms with E-state index >= 15 is 0 Å². The molecule has 0 radical (unpaired) electrons. The van der Waals surface area contributed by atoms with E-state index in [1.165, 1.54) is 11.1 Å². The molecule has 1 saturated carbocycles. The van der Waals surface area contributed by atoms with Crippen molar-refractivity contribution in [1.82, 2.24) is 14.5 Å². The van der Waals surface area contributed by atoms with Gasteiger partial charge in [0.2, 0.25) is 10.0 Å². The lowest BCUT2D eigenvalue weighted by Gasteiger charge is -2.54. The summed E-state index contributed by atoms with van der Waals surface area (Å²) in [6.45, 7) is 16.1. The molecule has 2 aromatic carbocycles. The van der Waals surface area contributed by atoms with Gasteiger partial charge in [-0.15, -0.1) is 0 Å². The summed E-state index contributed by atoms with van der Waals surface area (Å²) in [5.41, 5.74) is 2.86. The van der Waals surface area contributed by atoms with E-state index < -0.39 is 26.8 Å². The van der Waals surface area contributed by atoms with Crippen LogP contribution in [-0.2, 0) is 31.3 Å². The van der Waals surface area contributed by atoms with Crippen molar-refractivity contribution < 1.29 is 27.4 Å². The van der Waals surface area contributed by atoms with Gasteiger partial charge < -0.3 is 19.1 Å². The average molecular weight is 795 g/mol. The number of halogens is 1. The first-order chi connectivity index (χ1) is 26.3. The second-order valence-corrected chi connectivity index (χ2v) is 20.1. The Balaban J connectivity index is 1.21. The van der Waals surface area contributed by atoms with Gasteiger partial charge in [0.1, 0.15) is 11.4 Å². The Morgan fingerprint density at radius 3 is 2.73 bits per heavy atom. The van der Waals surface area contributed by atoms with Crippen LogP contribution >= 0.6 is 11.6 Å². The highest BCUT2D eigenvalue weighted by Crippen LogP contribution is 2.50. The topological polar surface area (TPSA) is 101 Å². The van der Waals surface area contributed by atoms with E-state index in [0.717, 1.165) is 95.3 Å². The molecule has 2 saturated heterocycles. The Hall–Kier alpha value is -2.67. The Morgan fingerprint density at radius 1 is 1.07 bits per heavy atom. The van der Waals surface area contributed by atoms with Crippen molar-refractivity contribution in [3.05, 3.63) is 70.3 Å². The molecule has 10 nitrogen and oxygen atoms in total. The third kappa shape index (κ3) is 7.83. The van der Waals surface area contributed by atoms with Gasteiger partial charge >= 0.3 is 0 Å². The zero-order valence-electron chi connectivity index (χ0n) is 33.0. The molecule has 6 aliphatic rings. The first kappa shape index (κ1) is 39.2. The predicted octanol–water partition coefficient (Wildman–Crippen LogP) is 6.06. The normalized spacial score (nSPS) is 34.7. The van der Waals surface area contributed by atoms with Crippen molar-refractivity contribution in [3.8, 4) is 5.75 Å². The lowest BCUT2D eigenvalue weighted by atomic mass is 9.63. The number of morpholine rings is 1. The number of carbonyl (C=O) groups excluding carboxylic acids is 1. The molecule has 2 aliphatic carbocycles. The van der Waals surface area contributed by atoms with E-state index in [9.17, 15) is 13.2 Å². The van der Waals surface area contributed by atoms with E-state index in [4.69, 9.17) is 25.8 Å². The van der Waals surface area contributed by atoms with Crippen LogP contribution in [0.4, 0.5) is 5.69 Å². The third-order valence-corrected chi connectivity index (χ3v) is 15.8. The van der Waals surface area contributed by atoms with Crippen LogP contribution in [-0.4, -0.2) is 113 Å². The summed E-state index contributed by atoms with van der Waals surface area (Å²) in [5, 5.41) is -0.0390. The predicted molar refractivity (Wildman–Crippen MR) is 217 cm³/mol. The molecule has 1 spiro atoms. The summed E-state index contributed by atoms with van der Waals surface area (Å²) in [5.74, 6) is 0.431. The van der Waals surface area contributed by atoms with Gasteiger partial charge in [-0.2, -0.15) is 0 Å². The molecule has 4 heterocycles. The molecular weight excluding hydrogens is 736 g/mol. The van der Waals surface area contributed by atoms with Crippen molar-refractivity contribution in [2.75, 3.05) is 70.5 Å². The van der Waals surface area contributed by atoms with Crippen LogP contribution in [0.3, 0.4) is 0 Å². The fraction of sp³-hybridized carbons (Fsp3) is 0.651. The van der Waals surface area contributed by atoms with Crippen molar-refractivity contribution in [2.24, 2.45) is 17.8 Å². The lowest BCUT2D eigenvalue weighted by Crippen LogP contribution is -2.63. The maximum absolute atomic E-state index is 13.7. The number of nitrogens with zero attached hydrogens (tertiary/aromatic N) is 3. The molecule has 12 heteroatoms. The second kappa shape index (κ2) is 15.6. The van der Waals surface area contributed by atoms with E-state index in [-0.39, 0.29) is 23.4 Å². The number of aryl methyl sites for hydroxylation is 1. The lowest BCUT2D eigenvalue weighted by molar-refractivity contribution is -0.143. The maximum Gasteiger partial charge on any atom is 0.264 e. The molecule has 2 aromatic rings. The molecule has 3 fully saturated rings. The van der Waals surface area contributed by atoms with Crippen molar-refractivity contribution in [2.45, 2.75) is 94.6 Å². The largest absolute Gasteiger partial charge is 0.490 e. The maximum atomic E-state index is 13.7. The van der Waals surface area contributed by atoms with Gasteiger partial charge in [0.15, 0.2) is 0 Å². The number of benzene rings is 2. The Labute approximate surface area is 332 Å². The number of sulfonamides is 1. The Morgan fingerprint density at radius 2 is 1.93 bits per heavy atom. The van der Waals surface area contributed by atoms with Crippen LogP contribution in [0, 0.1) is 17.8 Å². The van der Waals surface area contributed by atoms with Crippen molar-refractivity contribution in [3.63, 3.8) is 0 Å². The molecule has 1 amide bonds. The van der Waals surface area contributed by atoms with E-state index in [2.05, 4.69) is 57.6 Å². The highest BCUT2D eigenvalue weighted by Gasteiger charge is 2.51. The summed E-state index contributed by atoms with van der Waals surface area (Å²) < 4.78 is 49.7. The van der Waals surface area contributed by atoms with Crippen LogP contribution in [0.25, 0.3) is 0 Å². The Bertz CT molecular complexity index is 1890. The first-order valence-corrected chi connectivity index (χ1v) is 22.5. The summed E-state index contributed by atoms with van der Waals surface area (Å²) in [7, 11) is -3.97. The number of hydrogen-bond acceptors (Lipinski definition) is 9. The van der Waals surface area contributed by atoms with E-state index in [1.807, 2.05) is 25.1 Å². The minimum Gasteiger partial charge on any atom is -0.490 e. The summed E-state index contributed by atoms with van der Waals surface area (Å²) in [4.78, 5) is 21.3. The van der Waals surface area contributed by atoms with Gasteiger partial charge in [-0.3, -0.25) is 14.6 Å². The number of ether oxygens (including phenoxy) is 3. The molecule has 1 N–H and O–H groups in total. The van der Waals surface area contributed by atoms with Gasteiger partial charge in [-0.25, -0.2) is 13.1 Å². The SMILES string of the molecule is CC(C)O[C@]1(CN2CCN3CCOC[C@@H]3C2)/C=C\C[C@H](C)[C@@H](C)S(=O)(=O)NC(=O)c2ccc3c(c2)N(C[C@@H]2CC[C@H]21)C[C@@]1(CCCc2cc(Cl)ccc21)CO3. The van der Waals surface area contributed by atoms with Crippen LogP contribution in [0.1, 0.15) is 81.3 Å². The number of allylic oxidation sites excluding steroid dienone is 1. The van der Waals surface area contributed by atoms with Gasteiger partial charge in [0.05, 0.1) is 36.9 Å². The Kier molecular flexibility index (Phi) is 11.1. The fourth-order valence-electron chi connectivity index (χ4n) is 10.4. The van der Waals surface area contributed by atoms with Crippen molar-refractivity contribution >= 4 is 33.2 Å². The molecular formula is C43H59ClN4O6S. The molecule has 2 bridgehead atoms. The monoisotopic (exact) mass is 794 g/mol. The summed E-state index contributed by atoms with van der Waals surface area (Å²) in [6.07, 6.45) is 10.1.